The molecule has 0 radical (unpaired) electrons. The van der Waals surface area contributed by atoms with E-state index in [-0.39, 0.29) is 16.8 Å². The van der Waals surface area contributed by atoms with Crippen LogP contribution in [0.1, 0.15) is 15.9 Å². The predicted molar refractivity (Wildman–Crippen MR) is 100 cm³/mol. The van der Waals surface area contributed by atoms with E-state index in [2.05, 4.69) is 5.32 Å². The quantitative estimate of drug-likeness (QED) is 0.613. The molecule has 0 unspecified atom stereocenters. The number of amides is 1. The van der Waals surface area contributed by atoms with E-state index in [9.17, 15) is 22.8 Å². The lowest BCUT2D eigenvalue weighted by molar-refractivity contribution is -0.112. The summed E-state index contributed by atoms with van der Waals surface area (Å²) in [5.41, 5.74) is -1.59. The van der Waals surface area contributed by atoms with E-state index in [0.717, 1.165) is 5.39 Å². The van der Waals surface area contributed by atoms with Gasteiger partial charge in [-0.1, -0.05) is 48.5 Å². The van der Waals surface area contributed by atoms with Crippen LogP contribution in [-0.2, 0) is 4.79 Å². The normalized spacial score (nSPS) is 12.0. The third-order valence-corrected chi connectivity index (χ3v) is 4.06. The topological polar surface area (TPSA) is 66.4 Å². The van der Waals surface area contributed by atoms with Gasteiger partial charge in [-0.25, -0.2) is 4.79 Å². The summed E-state index contributed by atoms with van der Waals surface area (Å²) in [6.07, 6.45) is -4.34. The molecule has 0 spiro atoms. The summed E-state index contributed by atoms with van der Waals surface area (Å²) in [6.45, 7) is 0. The van der Waals surface area contributed by atoms with Crippen molar-refractivity contribution >= 4 is 33.9 Å². The van der Waals surface area contributed by atoms with Crippen molar-refractivity contribution in [2.45, 2.75) is 6.18 Å². The summed E-state index contributed by atoms with van der Waals surface area (Å²) >= 11 is 0. The largest absolute Gasteiger partial charge is 0.478 e. The zero-order chi connectivity index (χ0) is 20.3. The number of aromatic carboxylic acids is 1. The fourth-order valence-corrected chi connectivity index (χ4v) is 2.76. The van der Waals surface area contributed by atoms with E-state index < -0.39 is 23.6 Å². The summed E-state index contributed by atoms with van der Waals surface area (Å²) in [6, 6.07) is 16.6. The minimum Gasteiger partial charge on any atom is -0.478 e. The number of allylic oxidation sites excluding steroid dienone is 1. The number of halogens is 3. The van der Waals surface area contributed by atoms with Gasteiger partial charge in [0.25, 0.3) is 0 Å². The number of carbonyl (C=O) groups is 2. The van der Waals surface area contributed by atoms with E-state index in [4.69, 9.17) is 5.11 Å². The minimum atomic E-state index is -4.77. The third kappa shape index (κ3) is 4.20. The third-order valence-electron chi connectivity index (χ3n) is 4.06. The molecule has 2 N–H and O–H groups in total. The van der Waals surface area contributed by atoms with Crippen LogP contribution in [0.3, 0.4) is 0 Å². The number of anilines is 1. The number of nitrogens with one attached hydrogen (secondary N) is 1. The van der Waals surface area contributed by atoms with Gasteiger partial charge in [0.05, 0.1) is 16.8 Å². The number of fused-ring (bicyclic) bond motifs is 1. The lowest BCUT2D eigenvalue weighted by Gasteiger charge is -2.13. The molecular weight excluding hydrogens is 371 g/mol. The van der Waals surface area contributed by atoms with Crippen LogP contribution in [0.15, 0.2) is 72.8 Å². The van der Waals surface area contributed by atoms with Crippen molar-refractivity contribution in [2.75, 3.05) is 5.32 Å². The maximum atomic E-state index is 13.6. The molecule has 0 fully saturated rings. The molecule has 7 heteroatoms. The first-order valence-corrected chi connectivity index (χ1v) is 8.17. The number of rotatable bonds is 4. The van der Waals surface area contributed by atoms with Crippen LogP contribution in [0.25, 0.3) is 16.3 Å². The van der Waals surface area contributed by atoms with E-state index in [1.165, 1.54) is 36.4 Å². The Labute approximate surface area is 157 Å². The predicted octanol–water partition coefficient (Wildman–Crippen LogP) is 5.12. The Hall–Kier alpha value is -3.61. The monoisotopic (exact) mass is 385 g/mol. The summed E-state index contributed by atoms with van der Waals surface area (Å²) in [7, 11) is 0. The van der Waals surface area contributed by atoms with Crippen LogP contribution in [0, 0.1) is 0 Å². The van der Waals surface area contributed by atoms with Crippen molar-refractivity contribution in [1.82, 2.24) is 0 Å². The van der Waals surface area contributed by atoms with Gasteiger partial charge in [-0.15, -0.1) is 0 Å². The Bertz CT molecular complexity index is 1090. The fraction of sp³-hybridized carbons (Fsp3) is 0.0476. The molecule has 0 aromatic heterocycles. The van der Waals surface area contributed by atoms with Crippen molar-refractivity contribution in [2.24, 2.45) is 0 Å². The number of para-hydroxylation sites is 1. The number of hydrogen-bond donors (Lipinski definition) is 2. The van der Waals surface area contributed by atoms with E-state index in [1.54, 1.807) is 30.3 Å². The first kappa shape index (κ1) is 19.2. The van der Waals surface area contributed by atoms with Gasteiger partial charge in [0, 0.05) is 6.08 Å². The number of carbonyl (C=O) groups excluding carboxylic acids is 1. The molecule has 0 bridgehead atoms. The maximum Gasteiger partial charge on any atom is 0.417 e. The molecule has 0 aliphatic carbocycles. The summed E-state index contributed by atoms with van der Waals surface area (Å²) < 4.78 is 40.7. The van der Waals surface area contributed by atoms with Crippen LogP contribution >= 0.6 is 0 Å². The molecule has 0 heterocycles. The Morgan fingerprint density at radius 1 is 0.893 bits per heavy atom. The van der Waals surface area contributed by atoms with Gasteiger partial charge in [0.2, 0.25) is 5.91 Å². The second kappa shape index (κ2) is 7.56. The zero-order valence-electron chi connectivity index (χ0n) is 14.3. The van der Waals surface area contributed by atoms with Gasteiger partial charge in [-0.2, -0.15) is 13.2 Å². The summed E-state index contributed by atoms with van der Waals surface area (Å²) in [5, 5.41) is 12.7. The van der Waals surface area contributed by atoms with E-state index >= 15 is 0 Å². The maximum absolute atomic E-state index is 13.6. The van der Waals surface area contributed by atoms with Gasteiger partial charge in [-0.3, -0.25) is 4.79 Å². The standard InChI is InChI=1S/C21H14F3NO3/c22-21(23,24)17(15-10-9-13-5-1-2-6-14(13)11-15)12-19(26)25-18-8-4-3-7-16(18)20(27)28/h1-12H,(H,25,26)(H,27,28)/b17-12+. The highest BCUT2D eigenvalue weighted by Crippen LogP contribution is 2.35. The van der Waals surface area contributed by atoms with Crippen molar-refractivity contribution < 1.29 is 27.9 Å². The molecule has 0 atom stereocenters. The van der Waals surface area contributed by atoms with Crippen molar-refractivity contribution in [3.8, 4) is 0 Å². The van der Waals surface area contributed by atoms with E-state index in [1.807, 2.05) is 0 Å². The Balaban J connectivity index is 1.98. The van der Waals surface area contributed by atoms with E-state index in [0.29, 0.717) is 11.5 Å². The molecule has 0 saturated carbocycles. The van der Waals surface area contributed by atoms with Gasteiger partial charge in [0.15, 0.2) is 0 Å². The molecular formula is C21H14F3NO3. The van der Waals surface area contributed by atoms with Crippen molar-refractivity contribution in [3.63, 3.8) is 0 Å². The lowest BCUT2D eigenvalue weighted by atomic mass is 10.0. The lowest BCUT2D eigenvalue weighted by Crippen LogP contribution is -2.17. The van der Waals surface area contributed by atoms with Crippen LogP contribution in [0.4, 0.5) is 18.9 Å². The number of carboxylic acids is 1. The SMILES string of the molecule is O=C(/C=C(\c1ccc2ccccc2c1)C(F)(F)F)Nc1ccccc1C(=O)O. The van der Waals surface area contributed by atoms with Crippen LogP contribution in [-0.4, -0.2) is 23.2 Å². The average Bonchev–Trinajstić information content (AvgIpc) is 2.65. The average molecular weight is 385 g/mol. The zero-order valence-corrected chi connectivity index (χ0v) is 14.3. The van der Waals surface area contributed by atoms with Crippen LogP contribution < -0.4 is 5.32 Å². The highest BCUT2D eigenvalue weighted by molar-refractivity contribution is 6.08. The minimum absolute atomic E-state index is 0.0868. The molecule has 28 heavy (non-hydrogen) atoms. The first-order valence-electron chi connectivity index (χ1n) is 8.17. The molecule has 3 aromatic carbocycles. The first-order chi connectivity index (χ1) is 13.3. The summed E-state index contributed by atoms with van der Waals surface area (Å²) in [5.74, 6) is -2.38. The molecule has 3 aromatic rings. The van der Waals surface area contributed by atoms with Crippen LogP contribution in [0.5, 0.6) is 0 Å². The Kier molecular flexibility index (Phi) is 5.17. The second-order valence-corrected chi connectivity index (χ2v) is 5.96. The van der Waals surface area contributed by atoms with Crippen LogP contribution in [0.2, 0.25) is 0 Å². The molecule has 0 saturated heterocycles. The van der Waals surface area contributed by atoms with Crippen molar-refractivity contribution in [1.29, 1.82) is 0 Å². The highest BCUT2D eigenvalue weighted by atomic mass is 19.4. The Morgan fingerprint density at radius 2 is 1.54 bits per heavy atom. The molecule has 142 valence electrons. The molecule has 3 rings (SSSR count). The smallest absolute Gasteiger partial charge is 0.417 e. The van der Waals surface area contributed by atoms with Gasteiger partial charge >= 0.3 is 12.1 Å². The number of hydrogen-bond acceptors (Lipinski definition) is 2. The summed E-state index contributed by atoms with van der Waals surface area (Å²) in [4.78, 5) is 23.4. The molecule has 1 amide bonds. The number of alkyl halides is 3. The van der Waals surface area contributed by atoms with Crippen molar-refractivity contribution in [3.05, 3.63) is 83.9 Å². The molecule has 0 aliphatic heterocycles. The molecule has 0 aliphatic rings. The Morgan fingerprint density at radius 3 is 2.21 bits per heavy atom. The number of carboxylic acid groups (broad SMARTS) is 1. The van der Waals surface area contributed by atoms with Gasteiger partial charge in [-0.05, 0) is 34.5 Å². The number of benzene rings is 3. The fourth-order valence-electron chi connectivity index (χ4n) is 2.76. The second-order valence-electron chi connectivity index (χ2n) is 5.96. The molecule has 4 nitrogen and oxygen atoms in total. The van der Waals surface area contributed by atoms with Gasteiger partial charge in [0.1, 0.15) is 0 Å². The highest BCUT2D eigenvalue weighted by Gasteiger charge is 2.35. The van der Waals surface area contributed by atoms with Gasteiger partial charge < -0.3 is 10.4 Å².